The lowest BCUT2D eigenvalue weighted by Gasteiger charge is -2.21. The van der Waals surface area contributed by atoms with Crippen LogP contribution in [-0.2, 0) is 13.0 Å². The molecule has 4 rings (SSSR count). The summed E-state index contributed by atoms with van der Waals surface area (Å²) in [7, 11) is 0. The van der Waals surface area contributed by atoms with Crippen LogP contribution in [0.3, 0.4) is 0 Å². The summed E-state index contributed by atoms with van der Waals surface area (Å²) in [5.74, 6) is 7.82. The van der Waals surface area contributed by atoms with Gasteiger partial charge in [0.05, 0.1) is 5.69 Å². The average molecular weight is 344 g/mol. The van der Waals surface area contributed by atoms with E-state index in [0.29, 0.717) is 5.92 Å². The van der Waals surface area contributed by atoms with Crippen LogP contribution >= 0.6 is 0 Å². The maximum Gasteiger partial charge on any atom is 0.116 e. The predicted molar refractivity (Wildman–Crippen MR) is 101 cm³/mol. The molecular formula is C22H20N2O2. The minimum absolute atomic E-state index is 0.222. The number of imidazole rings is 1. The predicted octanol–water partition coefficient (Wildman–Crippen LogP) is 3.21. The molecule has 4 nitrogen and oxygen atoms in total. The number of aliphatic hydroxyl groups is 1. The van der Waals surface area contributed by atoms with Crippen molar-refractivity contribution in [1.29, 1.82) is 0 Å². The number of aromatic hydroxyl groups is 1. The average Bonchev–Trinajstić information content (AvgIpc) is 3.10. The summed E-state index contributed by atoms with van der Waals surface area (Å²) < 4.78 is 2.16. The van der Waals surface area contributed by atoms with E-state index in [1.807, 2.05) is 30.3 Å². The summed E-state index contributed by atoms with van der Waals surface area (Å²) in [6.07, 6.45) is 3.99. The van der Waals surface area contributed by atoms with Gasteiger partial charge in [-0.05, 0) is 36.8 Å². The zero-order valence-electron chi connectivity index (χ0n) is 14.4. The van der Waals surface area contributed by atoms with Crippen molar-refractivity contribution < 1.29 is 10.2 Å². The lowest BCUT2D eigenvalue weighted by Crippen LogP contribution is -2.22. The summed E-state index contributed by atoms with van der Waals surface area (Å²) in [6, 6.07) is 15.0. The Balaban J connectivity index is 1.53. The second kappa shape index (κ2) is 7.07. The van der Waals surface area contributed by atoms with Gasteiger partial charge in [0.15, 0.2) is 0 Å². The van der Waals surface area contributed by atoms with E-state index in [0.717, 1.165) is 47.6 Å². The van der Waals surface area contributed by atoms with Crippen molar-refractivity contribution in [3.05, 3.63) is 71.7 Å². The molecule has 1 aliphatic heterocycles. The lowest BCUT2D eigenvalue weighted by molar-refractivity contribution is 0.190. The first-order valence-corrected chi connectivity index (χ1v) is 8.79. The third-order valence-corrected chi connectivity index (χ3v) is 4.73. The first-order chi connectivity index (χ1) is 12.7. The molecule has 1 aliphatic rings. The largest absolute Gasteiger partial charge is 0.508 e. The standard InChI is InChI=1S/C22H20N2O2/c25-15-18-8-11-22-23-21(14-24(22)13-18)19-9-6-16(7-10-19)4-5-17-2-1-3-20(26)12-17/h1-3,6-7,9-10,12,14,18,25-26H,8,11,13,15H2. The van der Waals surface area contributed by atoms with Gasteiger partial charge in [0.1, 0.15) is 11.6 Å². The van der Waals surface area contributed by atoms with Crippen molar-refractivity contribution in [2.24, 2.45) is 5.92 Å². The summed E-state index contributed by atoms with van der Waals surface area (Å²) in [4.78, 5) is 4.74. The maximum atomic E-state index is 9.48. The number of hydrogen-bond acceptors (Lipinski definition) is 3. The van der Waals surface area contributed by atoms with Gasteiger partial charge in [-0.3, -0.25) is 0 Å². The fourth-order valence-electron chi connectivity index (χ4n) is 3.25. The minimum Gasteiger partial charge on any atom is -0.508 e. The summed E-state index contributed by atoms with van der Waals surface area (Å²) in [5.41, 5.74) is 3.73. The fraction of sp³-hybridized carbons (Fsp3) is 0.227. The van der Waals surface area contributed by atoms with Crippen molar-refractivity contribution in [2.45, 2.75) is 19.4 Å². The number of aromatic nitrogens is 2. The van der Waals surface area contributed by atoms with Gasteiger partial charge in [-0.1, -0.05) is 30.0 Å². The normalized spacial score (nSPS) is 15.8. The van der Waals surface area contributed by atoms with Crippen LogP contribution in [-0.4, -0.2) is 26.4 Å². The van der Waals surface area contributed by atoms with Crippen LogP contribution in [0.5, 0.6) is 5.75 Å². The van der Waals surface area contributed by atoms with Crippen LogP contribution < -0.4 is 0 Å². The van der Waals surface area contributed by atoms with Crippen LogP contribution in [0.4, 0.5) is 0 Å². The Labute approximate surface area is 152 Å². The van der Waals surface area contributed by atoms with E-state index in [1.165, 1.54) is 0 Å². The first kappa shape index (κ1) is 16.4. The third-order valence-electron chi connectivity index (χ3n) is 4.73. The molecule has 26 heavy (non-hydrogen) atoms. The van der Waals surface area contributed by atoms with Crippen LogP contribution in [0.25, 0.3) is 11.3 Å². The number of phenolic OH excluding ortho intramolecular Hbond substituents is 1. The summed E-state index contributed by atoms with van der Waals surface area (Å²) in [5, 5.41) is 18.8. The molecule has 1 unspecified atom stereocenters. The minimum atomic E-state index is 0.222. The Kier molecular flexibility index (Phi) is 4.47. The zero-order valence-corrected chi connectivity index (χ0v) is 14.4. The van der Waals surface area contributed by atoms with Gasteiger partial charge in [-0.2, -0.15) is 0 Å². The topological polar surface area (TPSA) is 58.3 Å². The van der Waals surface area contributed by atoms with E-state index < -0.39 is 0 Å². The maximum absolute atomic E-state index is 9.48. The summed E-state index contributed by atoms with van der Waals surface area (Å²) in [6.45, 7) is 1.08. The first-order valence-electron chi connectivity index (χ1n) is 8.79. The molecule has 130 valence electrons. The van der Waals surface area contributed by atoms with Gasteiger partial charge < -0.3 is 14.8 Å². The van der Waals surface area contributed by atoms with Crippen molar-refractivity contribution in [2.75, 3.05) is 6.61 Å². The van der Waals surface area contributed by atoms with E-state index in [4.69, 9.17) is 4.98 Å². The van der Waals surface area contributed by atoms with Gasteiger partial charge in [0.2, 0.25) is 0 Å². The van der Waals surface area contributed by atoms with Crippen molar-refractivity contribution in [3.8, 4) is 28.8 Å². The van der Waals surface area contributed by atoms with Crippen molar-refractivity contribution in [3.63, 3.8) is 0 Å². The molecular weight excluding hydrogens is 324 g/mol. The zero-order chi connectivity index (χ0) is 17.9. The van der Waals surface area contributed by atoms with Crippen LogP contribution in [0.1, 0.15) is 23.4 Å². The van der Waals surface area contributed by atoms with Crippen molar-refractivity contribution >= 4 is 0 Å². The Morgan fingerprint density at radius 1 is 1.08 bits per heavy atom. The van der Waals surface area contributed by atoms with E-state index in [9.17, 15) is 10.2 Å². The number of aliphatic hydroxyl groups excluding tert-OH is 1. The molecule has 1 aromatic heterocycles. The molecule has 0 spiro atoms. The SMILES string of the molecule is OCC1CCc2nc(-c3ccc(C#Cc4cccc(O)c4)cc3)cn2C1. The monoisotopic (exact) mass is 344 g/mol. The molecule has 0 saturated carbocycles. The Morgan fingerprint density at radius 2 is 1.88 bits per heavy atom. The molecule has 1 atom stereocenters. The molecule has 0 radical (unpaired) electrons. The quantitative estimate of drug-likeness (QED) is 0.702. The van der Waals surface area contributed by atoms with Gasteiger partial charge in [-0.25, -0.2) is 4.98 Å². The second-order valence-corrected chi connectivity index (χ2v) is 6.66. The third kappa shape index (κ3) is 3.49. The molecule has 2 aromatic carbocycles. The van der Waals surface area contributed by atoms with E-state index in [-0.39, 0.29) is 12.4 Å². The highest BCUT2D eigenvalue weighted by Crippen LogP contribution is 2.25. The van der Waals surface area contributed by atoms with Crippen LogP contribution in [0, 0.1) is 17.8 Å². The Hall–Kier alpha value is -3.03. The number of phenols is 1. The number of nitrogens with zero attached hydrogens (tertiary/aromatic N) is 2. The number of benzene rings is 2. The van der Waals surface area contributed by atoms with E-state index in [1.54, 1.807) is 18.2 Å². The van der Waals surface area contributed by atoms with Crippen LogP contribution in [0.15, 0.2) is 54.7 Å². The molecule has 4 heteroatoms. The molecule has 0 aliphatic carbocycles. The Morgan fingerprint density at radius 3 is 2.65 bits per heavy atom. The highest BCUT2D eigenvalue weighted by molar-refractivity contribution is 5.60. The highest BCUT2D eigenvalue weighted by atomic mass is 16.3. The number of rotatable bonds is 2. The van der Waals surface area contributed by atoms with E-state index >= 15 is 0 Å². The second-order valence-electron chi connectivity index (χ2n) is 6.66. The molecule has 3 aromatic rings. The lowest BCUT2D eigenvalue weighted by atomic mass is 10.0. The smallest absolute Gasteiger partial charge is 0.116 e. The Bertz CT molecular complexity index is 977. The molecule has 0 amide bonds. The molecule has 0 fully saturated rings. The highest BCUT2D eigenvalue weighted by Gasteiger charge is 2.20. The number of aryl methyl sites for hydroxylation is 1. The van der Waals surface area contributed by atoms with Gasteiger partial charge in [0, 0.05) is 48.4 Å². The summed E-state index contributed by atoms with van der Waals surface area (Å²) >= 11 is 0. The molecule has 2 heterocycles. The van der Waals surface area contributed by atoms with Crippen molar-refractivity contribution in [1.82, 2.24) is 9.55 Å². The van der Waals surface area contributed by atoms with E-state index in [2.05, 4.69) is 22.6 Å². The van der Waals surface area contributed by atoms with Crippen LogP contribution in [0.2, 0.25) is 0 Å². The molecule has 0 saturated heterocycles. The molecule has 2 N–H and O–H groups in total. The fourth-order valence-corrected chi connectivity index (χ4v) is 3.25. The number of fused-ring (bicyclic) bond motifs is 1. The van der Waals surface area contributed by atoms with Gasteiger partial charge in [0.25, 0.3) is 0 Å². The number of hydrogen-bond donors (Lipinski definition) is 2. The van der Waals surface area contributed by atoms with Gasteiger partial charge >= 0.3 is 0 Å². The molecule has 0 bridgehead atoms. The van der Waals surface area contributed by atoms with Gasteiger partial charge in [-0.15, -0.1) is 0 Å².